The summed E-state index contributed by atoms with van der Waals surface area (Å²) in [7, 11) is 2.69. The third-order valence-electron chi connectivity index (χ3n) is 3.39. The molecule has 0 spiro atoms. The maximum Gasteiger partial charge on any atom is 0.329 e. The second kappa shape index (κ2) is 8.22. The summed E-state index contributed by atoms with van der Waals surface area (Å²) < 4.78 is 16.2. The fourth-order valence-electron chi connectivity index (χ4n) is 2.25. The number of carbonyl (C=O) groups is 3. The first kappa shape index (κ1) is 19.8. The molecule has 0 aliphatic carbocycles. The number of methoxy groups -OCH3 is 2. The van der Waals surface area contributed by atoms with Gasteiger partial charge in [0.05, 0.1) is 24.8 Å². The normalized spacial score (nSPS) is 15.5. The maximum absolute atomic E-state index is 12.3. The van der Waals surface area contributed by atoms with Gasteiger partial charge < -0.3 is 19.5 Å². The molecule has 140 valence electrons. The van der Waals surface area contributed by atoms with Gasteiger partial charge in [-0.1, -0.05) is 0 Å². The number of imide groups is 1. The van der Waals surface area contributed by atoms with Gasteiger partial charge in [-0.3, -0.25) is 9.59 Å². The quantitative estimate of drug-likeness (QED) is 0.426. The average molecular weight is 427 g/mol. The Morgan fingerprint density at radius 3 is 2.58 bits per heavy atom. The van der Waals surface area contributed by atoms with Gasteiger partial charge in [0.25, 0.3) is 5.91 Å². The lowest BCUT2D eigenvalue weighted by atomic mass is 10.1. The van der Waals surface area contributed by atoms with E-state index in [1.54, 1.807) is 12.1 Å². The van der Waals surface area contributed by atoms with E-state index in [9.17, 15) is 14.4 Å². The number of benzene rings is 1. The van der Waals surface area contributed by atoms with E-state index in [2.05, 4.69) is 26.0 Å². The summed E-state index contributed by atoms with van der Waals surface area (Å²) in [5, 5.41) is 2.44. The van der Waals surface area contributed by atoms with E-state index in [1.165, 1.54) is 20.3 Å². The molecule has 1 aromatic rings. The molecule has 0 aromatic heterocycles. The van der Waals surface area contributed by atoms with Crippen LogP contribution in [-0.2, 0) is 14.3 Å². The molecule has 8 nitrogen and oxygen atoms in total. The van der Waals surface area contributed by atoms with Crippen LogP contribution in [0.1, 0.15) is 19.4 Å². The lowest BCUT2D eigenvalue weighted by Gasteiger charge is -2.16. The summed E-state index contributed by atoms with van der Waals surface area (Å²) in [6.45, 7) is 3.33. The Labute approximate surface area is 159 Å². The fourth-order valence-corrected chi connectivity index (χ4v) is 2.80. The maximum atomic E-state index is 12.3. The monoisotopic (exact) mass is 426 g/mol. The van der Waals surface area contributed by atoms with Crippen LogP contribution in [0.15, 0.2) is 22.3 Å². The Bertz CT molecular complexity index is 775. The van der Waals surface area contributed by atoms with Crippen LogP contribution >= 0.6 is 15.9 Å². The fraction of sp³-hybridized carbons (Fsp3) is 0.353. The lowest BCUT2D eigenvalue weighted by molar-refractivity contribution is -0.143. The predicted octanol–water partition coefficient (Wildman–Crippen LogP) is 2.31. The van der Waals surface area contributed by atoms with Crippen LogP contribution in [0.25, 0.3) is 6.08 Å². The first-order valence-electron chi connectivity index (χ1n) is 7.72. The molecule has 0 saturated carbocycles. The predicted molar refractivity (Wildman–Crippen MR) is 96.7 cm³/mol. The highest BCUT2D eigenvalue weighted by Crippen LogP contribution is 2.38. The van der Waals surface area contributed by atoms with Gasteiger partial charge in [0.1, 0.15) is 12.2 Å². The van der Waals surface area contributed by atoms with E-state index in [0.29, 0.717) is 21.5 Å². The third kappa shape index (κ3) is 4.34. The topological polar surface area (TPSA) is 94.2 Å². The minimum Gasteiger partial charge on any atom is -0.493 e. The van der Waals surface area contributed by atoms with Crippen LogP contribution in [0.2, 0.25) is 0 Å². The molecular formula is C17H19BrN2O6. The highest BCUT2D eigenvalue weighted by molar-refractivity contribution is 9.10. The molecule has 0 radical (unpaired) electrons. The molecule has 1 aliphatic heterocycles. The Morgan fingerprint density at radius 2 is 2.00 bits per heavy atom. The summed E-state index contributed by atoms with van der Waals surface area (Å²) in [6.07, 6.45) is 1.44. The second-order valence-corrected chi connectivity index (χ2v) is 6.51. The molecule has 1 N–H and O–H groups in total. The van der Waals surface area contributed by atoms with E-state index >= 15 is 0 Å². The van der Waals surface area contributed by atoms with Crippen molar-refractivity contribution >= 4 is 39.9 Å². The van der Waals surface area contributed by atoms with Gasteiger partial charge in [-0.05, 0) is 53.5 Å². The van der Waals surface area contributed by atoms with Gasteiger partial charge in [-0.15, -0.1) is 0 Å². The second-order valence-electron chi connectivity index (χ2n) is 5.66. The number of hydrogen-bond acceptors (Lipinski definition) is 6. The first-order chi connectivity index (χ1) is 12.3. The van der Waals surface area contributed by atoms with Crippen LogP contribution < -0.4 is 14.8 Å². The standard InChI is InChI=1S/C17H19BrN2O6/c1-9(2)26-15-11(18)5-10(7-13(15)24-3)6-12-16(22)20(17(23)19-12)8-14(21)25-4/h5-7,9H,8H2,1-4H3,(H,19,23). The molecule has 0 bridgehead atoms. The number of nitrogens with zero attached hydrogens (tertiary/aromatic N) is 1. The van der Waals surface area contributed by atoms with E-state index in [4.69, 9.17) is 9.47 Å². The smallest absolute Gasteiger partial charge is 0.329 e. The summed E-state index contributed by atoms with van der Waals surface area (Å²) in [4.78, 5) is 36.3. The van der Waals surface area contributed by atoms with Crippen LogP contribution in [0.3, 0.4) is 0 Å². The van der Waals surface area contributed by atoms with Crippen molar-refractivity contribution in [2.24, 2.45) is 0 Å². The Balaban J connectivity index is 2.32. The summed E-state index contributed by atoms with van der Waals surface area (Å²) in [5.41, 5.74) is 0.652. The van der Waals surface area contributed by atoms with E-state index in [0.717, 1.165) is 4.90 Å². The molecular weight excluding hydrogens is 408 g/mol. The number of carbonyl (C=O) groups excluding carboxylic acids is 3. The number of nitrogens with one attached hydrogen (secondary N) is 1. The highest BCUT2D eigenvalue weighted by atomic mass is 79.9. The van der Waals surface area contributed by atoms with Crippen LogP contribution in [0.5, 0.6) is 11.5 Å². The number of rotatable bonds is 6. The zero-order valence-electron chi connectivity index (χ0n) is 14.8. The molecule has 2 rings (SSSR count). The van der Waals surface area contributed by atoms with Crippen LogP contribution in [0, 0.1) is 0 Å². The molecule has 1 fully saturated rings. The van der Waals surface area contributed by atoms with Crippen molar-refractivity contribution in [3.8, 4) is 11.5 Å². The molecule has 1 aliphatic rings. The summed E-state index contributed by atoms with van der Waals surface area (Å²) in [5.74, 6) is -0.283. The lowest BCUT2D eigenvalue weighted by Crippen LogP contribution is -2.36. The van der Waals surface area contributed by atoms with Crippen molar-refractivity contribution in [2.45, 2.75) is 20.0 Å². The SMILES string of the molecule is COC(=O)CN1C(=O)NC(=Cc2cc(Br)c(OC(C)C)c(OC)c2)C1=O. The molecule has 0 unspecified atom stereocenters. The first-order valence-corrected chi connectivity index (χ1v) is 8.51. The molecule has 0 atom stereocenters. The zero-order chi connectivity index (χ0) is 19.4. The van der Waals surface area contributed by atoms with Crippen molar-refractivity contribution in [3.63, 3.8) is 0 Å². The van der Waals surface area contributed by atoms with Gasteiger partial charge in [0.2, 0.25) is 0 Å². The summed E-state index contributed by atoms with van der Waals surface area (Å²) >= 11 is 3.42. The van der Waals surface area contributed by atoms with Gasteiger partial charge in [0, 0.05) is 0 Å². The van der Waals surface area contributed by atoms with E-state index in [1.807, 2.05) is 13.8 Å². The largest absolute Gasteiger partial charge is 0.493 e. The van der Waals surface area contributed by atoms with Gasteiger partial charge in [0.15, 0.2) is 11.5 Å². The number of urea groups is 1. The van der Waals surface area contributed by atoms with Crippen molar-refractivity contribution in [3.05, 3.63) is 27.9 Å². The molecule has 26 heavy (non-hydrogen) atoms. The van der Waals surface area contributed by atoms with Gasteiger partial charge >= 0.3 is 12.0 Å². The Kier molecular flexibility index (Phi) is 6.25. The van der Waals surface area contributed by atoms with E-state index in [-0.39, 0.29) is 11.8 Å². The summed E-state index contributed by atoms with van der Waals surface area (Å²) in [6, 6.07) is 2.73. The minimum atomic E-state index is -0.686. The van der Waals surface area contributed by atoms with Crippen molar-refractivity contribution < 1.29 is 28.6 Å². The minimum absolute atomic E-state index is 0.0467. The molecule has 1 aromatic carbocycles. The van der Waals surface area contributed by atoms with Crippen molar-refractivity contribution in [1.29, 1.82) is 0 Å². The van der Waals surface area contributed by atoms with Crippen molar-refractivity contribution in [2.75, 3.05) is 20.8 Å². The Morgan fingerprint density at radius 1 is 1.31 bits per heavy atom. The highest BCUT2D eigenvalue weighted by Gasteiger charge is 2.35. The molecule has 1 saturated heterocycles. The number of ether oxygens (including phenoxy) is 3. The van der Waals surface area contributed by atoms with Crippen molar-refractivity contribution in [1.82, 2.24) is 10.2 Å². The van der Waals surface area contributed by atoms with Crippen LogP contribution in [-0.4, -0.2) is 49.7 Å². The number of hydrogen-bond donors (Lipinski definition) is 1. The van der Waals surface area contributed by atoms with Crippen LogP contribution in [0.4, 0.5) is 4.79 Å². The van der Waals surface area contributed by atoms with Gasteiger partial charge in [-0.2, -0.15) is 0 Å². The number of esters is 1. The number of amides is 3. The molecule has 3 amide bonds. The average Bonchev–Trinajstić information content (AvgIpc) is 2.84. The number of halogens is 1. The Hall–Kier alpha value is -2.55. The zero-order valence-corrected chi connectivity index (χ0v) is 16.4. The third-order valence-corrected chi connectivity index (χ3v) is 3.98. The van der Waals surface area contributed by atoms with Gasteiger partial charge in [-0.25, -0.2) is 9.69 Å². The molecule has 9 heteroatoms. The molecule has 1 heterocycles. The van der Waals surface area contributed by atoms with E-state index < -0.39 is 24.5 Å².